The fourth-order valence-electron chi connectivity index (χ4n) is 4.49. The van der Waals surface area contributed by atoms with E-state index < -0.39 is 0 Å². The molecular formula is C20H31N5O5. The van der Waals surface area contributed by atoms with E-state index in [0.29, 0.717) is 11.8 Å². The maximum absolute atomic E-state index is 10.5. The van der Waals surface area contributed by atoms with Crippen LogP contribution in [0.3, 0.4) is 0 Å². The van der Waals surface area contributed by atoms with Crippen LogP contribution in [-0.4, -0.2) is 72.1 Å². The first-order valence-electron chi connectivity index (χ1n) is 10.1. The highest BCUT2D eigenvalue weighted by atomic mass is 16.3. The topological polar surface area (TPSA) is 145 Å². The smallest absolute Gasteiger partial charge is 0.290 e. The second-order valence-corrected chi connectivity index (χ2v) is 7.63. The van der Waals surface area contributed by atoms with Crippen LogP contribution in [0.15, 0.2) is 18.5 Å². The van der Waals surface area contributed by atoms with Gasteiger partial charge in [0, 0.05) is 44.1 Å². The van der Waals surface area contributed by atoms with Gasteiger partial charge >= 0.3 is 0 Å². The summed E-state index contributed by atoms with van der Waals surface area (Å²) in [6.45, 7) is 6.83. The van der Waals surface area contributed by atoms with Crippen molar-refractivity contribution in [2.75, 3.05) is 13.1 Å². The first-order valence-corrected chi connectivity index (χ1v) is 10.1. The standard InChI is InChI=1S/C18H27N5O.2CH2O2/c1-3-18-20-12(2)15(21-18)11-22-9-13-7-16(23-6-4-5-19-23)17(24)8-14(13)10-22;2*2-1-3/h4-6,13-14,16-17,24H,3,7-11H2,1-2H3,(H,20,21);2*1H,(H,2,3)/t13-,14+,16-,17-;;/m1../s1. The number of hydrogen-bond acceptors (Lipinski definition) is 6. The van der Waals surface area contributed by atoms with Crippen molar-refractivity contribution in [1.82, 2.24) is 24.6 Å². The van der Waals surface area contributed by atoms with Crippen molar-refractivity contribution in [3.63, 3.8) is 0 Å². The van der Waals surface area contributed by atoms with Crippen molar-refractivity contribution in [3.05, 3.63) is 35.7 Å². The molecule has 166 valence electrons. The number of aliphatic hydroxyl groups is 1. The molecule has 1 aliphatic carbocycles. The minimum Gasteiger partial charge on any atom is -0.483 e. The van der Waals surface area contributed by atoms with E-state index in [4.69, 9.17) is 24.8 Å². The van der Waals surface area contributed by atoms with E-state index in [1.54, 1.807) is 6.20 Å². The molecule has 2 aromatic rings. The van der Waals surface area contributed by atoms with E-state index in [0.717, 1.165) is 44.7 Å². The Kier molecular flexibility index (Phi) is 9.00. The molecule has 1 aliphatic heterocycles. The van der Waals surface area contributed by atoms with E-state index in [1.165, 1.54) is 11.4 Å². The van der Waals surface area contributed by atoms with Crippen LogP contribution in [0.25, 0.3) is 0 Å². The third-order valence-electron chi connectivity index (χ3n) is 5.79. The molecule has 2 aliphatic rings. The fourth-order valence-corrected chi connectivity index (χ4v) is 4.49. The van der Waals surface area contributed by atoms with Crippen molar-refractivity contribution in [1.29, 1.82) is 0 Å². The van der Waals surface area contributed by atoms with Crippen LogP contribution in [0.5, 0.6) is 0 Å². The Labute approximate surface area is 175 Å². The number of aliphatic hydroxyl groups excluding tert-OH is 1. The lowest BCUT2D eigenvalue weighted by atomic mass is 9.77. The van der Waals surface area contributed by atoms with Crippen molar-refractivity contribution < 1.29 is 24.9 Å². The number of H-pyrrole nitrogens is 1. The molecule has 0 aromatic carbocycles. The third-order valence-corrected chi connectivity index (χ3v) is 5.79. The zero-order valence-corrected chi connectivity index (χ0v) is 17.4. The van der Waals surface area contributed by atoms with Gasteiger partial charge in [0.25, 0.3) is 12.9 Å². The van der Waals surface area contributed by atoms with Gasteiger partial charge in [-0.2, -0.15) is 5.10 Å². The van der Waals surface area contributed by atoms with Gasteiger partial charge in [-0.15, -0.1) is 0 Å². The number of nitrogens with one attached hydrogen (secondary N) is 1. The van der Waals surface area contributed by atoms with Crippen LogP contribution in [0, 0.1) is 18.8 Å². The third kappa shape index (κ3) is 5.90. The highest BCUT2D eigenvalue weighted by Crippen LogP contribution is 2.41. The van der Waals surface area contributed by atoms with Crippen LogP contribution in [0.4, 0.5) is 0 Å². The van der Waals surface area contributed by atoms with Crippen LogP contribution >= 0.6 is 0 Å². The van der Waals surface area contributed by atoms with Crippen molar-refractivity contribution >= 4 is 12.9 Å². The zero-order valence-electron chi connectivity index (χ0n) is 17.4. The summed E-state index contributed by atoms with van der Waals surface area (Å²) in [5, 5.41) is 28.7. The van der Waals surface area contributed by atoms with E-state index in [9.17, 15) is 5.11 Å². The van der Waals surface area contributed by atoms with Crippen LogP contribution in [-0.2, 0) is 22.6 Å². The predicted molar refractivity (Wildman–Crippen MR) is 109 cm³/mol. The van der Waals surface area contributed by atoms with Gasteiger partial charge in [0.05, 0.1) is 17.8 Å². The Morgan fingerprint density at radius 3 is 2.37 bits per heavy atom. The molecule has 1 saturated carbocycles. The Morgan fingerprint density at radius 1 is 1.20 bits per heavy atom. The number of fused-ring (bicyclic) bond motifs is 1. The molecule has 0 radical (unpaired) electrons. The molecule has 10 nitrogen and oxygen atoms in total. The number of aromatic nitrogens is 4. The quantitative estimate of drug-likeness (QED) is 0.541. The maximum Gasteiger partial charge on any atom is 0.290 e. The largest absolute Gasteiger partial charge is 0.483 e. The summed E-state index contributed by atoms with van der Waals surface area (Å²) >= 11 is 0. The molecule has 4 atom stereocenters. The van der Waals surface area contributed by atoms with Gasteiger partial charge in [0.2, 0.25) is 0 Å². The number of rotatable bonds is 4. The number of nitrogens with zero attached hydrogens (tertiary/aromatic N) is 4. The lowest BCUT2D eigenvalue weighted by Crippen LogP contribution is -2.36. The number of carboxylic acid groups (broad SMARTS) is 2. The second kappa shape index (κ2) is 11.5. The number of carbonyl (C=O) groups is 2. The zero-order chi connectivity index (χ0) is 22.1. The first kappa shape index (κ1) is 23.6. The summed E-state index contributed by atoms with van der Waals surface area (Å²) in [5.41, 5.74) is 2.37. The Balaban J connectivity index is 0.000000480. The average Bonchev–Trinajstić information content (AvgIpc) is 3.43. The van der Waals surface area contributed by atoms with Gasteiger partial charge in [-0.25, -0.2) is 4.98 Å². The van der Waals surface area contributed by atoms with Gasteiger partial charge in [-0.3, -0.25) is 19.2 Å². The fraction of sp³-hybridized carbons (Fsp3) is 0.600. The SMILES string of the molecule is CCc1nc(CN2C[C@H]3C[C@@H](n4cccn4)[C@H](O)C[C@H]3C2)c(C)[nH]1.O=CO.O=CO. The lowest BCUT2D eigenvalue weighted by molar-refractivity contribution is -0.123. The Hall–Kier alpha value is -2.72. The van der Waals surface area contributed by atoms with Gasteiger partial charge in [0.15, 0.2) is 0 Å². The van der Waals surface area contributed by atoms with Gasteiger partial charge in [-0.05, 0) is 37.7 Å². The highest BCUT2D eigenvalue weighted by molar-refractivity contribution is 5.33. The normalized spacial score (nSPS) is 25.3. The van der Waals surface area contributed by atoms with Crippen molar-refractivity contribution in [2.24, 2.45) is 11.8 Å². The minimum atomic E-state index is -0.287. The molecular weight excluding hydrogens is 390 g/mol. The summed E-state index contributed by atoms with van der Waals surface area (Å²) in [7, 11) is 0. The van der Waals surface area contributed by atoms with Crippen LogP contribution in [0.1, 0.15) is 43.0 Å². The molecule has 3 heterocycles. The first-order chi connectivity index (χ1) is 14.5. The maximum atomic E-state index is 10.5. The van der Waals surface area contributed by atoms with Gasteiger partial charge < -0.3 is 20.3 Å². The lowest BCUT2D eigenvalue weighted by Gasteiger charge is -2.35. The highest BCUT2D eigenvalue weighted by Gasteiger charge is 2.42. The molecule has 1 saturated heterocycles. The summed E-state index contributed by atoms with van der Waals surface area (Å²) < 4.78 is 1.94. The van der Waals surface area contributed by atoms with E-state index in [-0.39, 0.29) is 25.1 Å². The Bertz CT molecular complexity index is 773. The molecule has 4 N–H and O–H groups in total. The average molecular weight is 421 g/mol. The van der Waals surface area contributed by atoms with Crippen LogP contribution in [0.2, 0.25) is 0 Å². The molecule has 2 fully saturated rings. The number of imidazole rings is 1. The molecule has 10 heteroatoms. The van der Waals surface area contributed by atoms with Gasteiger partial charge in [-0.1, -0.05) is 6.92 Å². The molecule has 30 heavy (non-hydrogen) atoms. The number of aromatic amines is 1. The summed E-state index contributed by atoms with van der Waals surface area (Å²) in [6, 6.07) is 2.06. The molecule has 2 aromatic heterocycles. The number of hydrogen-bond donors (Lipinski definition) is 4. The molecule has 0 unspecified atom stereocenters. The monoisotopic (exact) mass is 421 g/mol. The summed E-state index contributed by atoms with van der Waals surface area (Å²) in [6.07, 6.45) is 6.33. The number of aryl methyl sites for hydroxylation is 2. The van der Waals surface area contributed by atoms with E-state index in [1.807, 2.05) is 16.9 Å². The molecule has 4 rings (SSSR count). The molecule has 0 amide bonds. The van der Waals surface area contributed by atoms with E-state index >= 15 is 0 Å². The minimum absolute atomic E-state index is 0.125. The molecule has 0 spiro atoms. The van der Waals surface area contributed by atoms with Gasteiger partial charge in [0.1, 0.15) is 5.82 Å². The van der Waals surface area contributed by atoms with Crippen LogP contribution < -0.4 is 0 Å². The number of likely N-dealkylation sites (tertiary alicyclic amines) is 1. The predicted octanol–water partition coefficient (Wildman–Crippen LogP) is 1.32. The van der Waals surface area contributed by atoms with E-state index in [2.05, 4.69) is 28.8 Å². The van der Waals surface area contributed by atoms with Crippen molar-refractivity contribution in [3.8, 4) is 0 Å². The summed E-state index contributed by atoms with van der Waals surface area (Å²) in [5.74, 6) is 2.32. The molecule has 0 bridgehead atoms. The second-order valence-electron chi connectivity index (χ2n) is 7.63. The summed E-state index contributed by atoms with van der Waals surface area (Å²) in [4.78, 5) is 27.3. The van der Waals surface area contributed by atoms with Crippen molar-refractivity contribution in [2.45, 2.75) is 51.8 Å². The Morgan fingerprint density at radius 2 is 1.83 bits per heavy atom.